The van der Waals surface area contributed by atoms with Crippen LogP contribution in [-0.4, -0.2) is 23.5 Å². The van der Waals surface area contributed by atoms with Crippen molar-refractivity contribution in [3.05, 3.63) is 29.6 Å². The zero-order valence-electron chi connectivity index (χ0n) is 6.75. The molecule has 0 N–H and O–H groups in total. The molecule has 0 bridgehead atoms. The Morgan fingerprint density at radius 1 is 1.55 bits per heavy atom. The quantitative estimate of drug-likeness (QED) is 0.547. The van der Waals surface area contributed by atoms with Crippen molar-refractivity contribution in [3.8, 4) is 0 Å². The molecule has 1 aliphatic rings. The summed E-state index contributed by atoms with van der Waals surface area (Å²) in [4.78, 5) is 6.65. The van der Waals surface area contributed by atoms with Gasteiger partial charge >= 0.3 is 0 Å². The van der Waals surface area contributed by atoms with Crippen molar-refractivity contribution in [2.45, 2.75) is 13.0 Å². The monoisotopic (exact) mass is 148 g/mol. The second-order valence-corrected chi connectivity index (χ2v) is 3.10. The van der Waals surface area contributed by atoms with Crippen LogP contribution in [0, 0.1) is 0 Å². The third-order valence-electron chi connectivity index (χ3n) is 2.16. The van der Waals surface area contributed by atoms with E-state index in [-0.39, 0.29) is 0 Å². The SMILES string of the molecule is CN1CCc2ncccc2C1. The molecule has 11 heavy (non-hydrogen) atoms. The second kappa shape index (κ2) is 2.62. The van der Waals surface area contributed by atoms with Crippen LogP contribution >= 0.6 is 0 Å². The highest BCUT2D eigenvalue weighted by molar-refractivity contribution is 5.21. The number of hydrogen-bond donors (Lipinski definition) is 0. The summed E-state index contributed by atoms with van der Waals surface area (Å²) < 4.78 is 0. The second-order valence-electron chi connectivity index (χ2n) is 3.10. The smallest absolute Gasteiger partial charge is 0.0461 e. The maximum absolute atomic E-state index is 4.33. The molecule has 0 fully saturated rings. The molecule has 0 amide bonds. The first-order valence-corrected chi connectivity index (χ1v) is 3.97. The fourth-order valence-electron chi connectivity index (χ4n) is 1.51. The van der Waals surface area contributed by atoms with E-state index in [1.54, 1.807) is 0 Å². The first-order chi connectivity index (χ1) is 5.36. The lowest BCUT2D eigenvalue weighted by Gasteiger charge is -2.23. The number of pyridine rings is 1. The van der Waals surface area contributed by atoms with Gasteiger partial charge in [0, 0.05) is 31.4 Å². The highest BCUT2D eigenvalue weighted by Gasteiger charge is 2.12. The van der Waals surface area contributed by atoms with Gasteiger partial charge in [0.05, 0.1) is 0 Å². The van der Waals surface area contributed by atoms with Crippen LogP contribution in [0.2, 0.25) is 0 Å². The van der Waals surface area contributed by atoms with E-state index < -0.39 is 0 Å². The van der Waals surface area contributed by atoms with Crippen molar-refractivity contribution < 1.29 is 0 Å². The molecule has 2 heteroatoms. The molecule has 0 aliphatic carbocycles. The van der Waals surface area contributed by atoms with Gasteiger partial charge in [-0.25, -0.2) is 0 Å². The molecular weight excluding hydrogens is 136 g/mol. The van der Waals surface area contributed by atoms with E-state index in [1.165, 1.54) is 11.3 Å². The minimum absolute atomic E-state index is 1.06. The standard InChI is InChI=1S/C9H12N2/c1-11-6-4-9-8(7-11)3-2-5-10-9/h2-3,5H,4,6-7H2,1H3. The van der Waals surface area contributed by atoms with Crippen LogP contribution in [0.4, 0.5) is 0 Å². The van der Waals surface area contributed by atoms with Gasteiger partial charge < -0.3 is 4.90 Å². The third kappa shape index (κ3) is 1.26. The van der Waals surface area contributed by atoms with Gasteiger partial charge in [0.1, 0.15) is 0 Å². The number of nitrogens with zero attached hydrogens (tertiary/aromatic N) is 2. The van der Waals surface area contributed by atoms with Crippen LogP contribution in [0.25, 0.3) is 0 Å². The van der Waals surface area contributed by atoms with E-state index in [0.29, 0.717) is 0 Å². The van der Waals surface area contributed by atoms with Crippen molar-refractivity contribution >= 4 is 0 Å². The summed E-state index contributed by atoms with van der Waals surface area (Å²) in [6, 6.07) is 4.18. The fourth-order valence-corrected chi connectivity index (χ4v) is 1.51. The molecule has 2 nitrogen and oxygen atoms in total. The Labute approximate surface area is 66.9 Å². The molecule has 0 radical (unpaired) electrons. The molecule has 2 heterocycles. The third-order valence-corrected chi connectivity index (χ3v) is 2.16. The van der Waals surface area contributed by atoms with E-state index >= 15 is 0 Å². The zero-order chi connectivity index (χ0) is 7.68. The number of fused-ring (bicyclic) bond motifs is 1. The number of hydrogen-bond acceptors (Lipinski definition) is 2. The van der Waals surface area contributed by atoms with E-state index in [4.69, 9.17) is 0 Å². The molecule has 2 rings (SSSR count). The lowest BCUT2D eigenvalue weighted by atomic mass is 10.1. The molecule has 0 saturated heterocycles. The summed E-state index contributed by atoms with van der Waals surface area (Å²) >= 11 is 0. The van der Waals surface area contributed by atoms with Crippen LogP contribution in [0.15, 0.2) is 18.3 Å². The van der Waals surface area contributed by atoms with Crippen LogP contribution in [0.3, 0.4) is 0 Å². The number of aromatic nitrogens is 1. The molecule has 1 aromatic heterocycles. The Kier molecular flexibility index (Phi) is 1.62. The van der Waals surface area contributed by atoms with E-state index in [0.717, 1.165) is 19.5 Å². The summed E-state index contributed by atoms with van der Waals surface area (Å²) in [6.45, 7) is 2.20. The topological polar surface area (TPSA) is 16.1 Å². The van der Waals surface area contributed by atoms with Gasteiger partial charge in [0.15, 0.2) is 0 Å². The van der Waals surface area contributed by atoms with E-state index in [1.807, 2.05) is 12.3 Å². The first-order valence-electron chi connectivity index (χ1n) is 3.97. The summed E-state index contributed by atoms with van der Waals surface area (Å²) in [5.41, 5.74) is 2.67. The van der Waals surface area contributed by atoms with Crippen molar-refractivity contribution in [3.63, 3.8) is 0 Å². The van der Waals surface area contributed by atoms with Crippen LogP contribution in [0.5, 0.6) is 0 Å². The Bertz CT molecular complexity index is 257. The minimum atomic E-state index is 1.06. The molecular formula is C9H12N2. The lowest BCUT2D eigenvalue weighted by Crippen LogP contribution is -2.26. The molecule has 0 aromatic carbocycles. The fraction of sp³-hybridized carbons (Fsp3) is 0.444. The van der Waals surface area contributed by atoms with Gasteiger partial charge in [-0.2, -0.15) is 0 Å². The molecule has 1 aromatic rings. The average molecular weight is 148 g/mol. The van der Waals surface area contributed by atoms with E-state index in [2.05, 4.69) is 23.0 Å². The highest BCUT2D eigenvalue weighted by atomic mass is 15.1. The van der Waals surface area contributed by atoms with Crippen molar-refractivity contribution in [2.75, 3.05) is 13.6 Å². The van der Waals surface area contributed by atoms with Crippen LogP contribution < -0.4 is 0 Å². The van der Waals surface area contributed by atoms with Gasteiger partial charge in [0.25, 0.3) is 0 Å². The number of rotatable bonds is 0. The Hall–Kier alpha value is -0.890. The van der Waals surface area contributed by atoms with Gasteiger partial charge in [-0.15, -0.1) is 0 Å². The zero-order valence-corrected chi connectivity index (χ0v) is 6.75. The minimum Gasteiger partial charge on any atom is -0.302 e. The lowest BCUT2D eigenvalue weighted by molar-refractivity contribution is 0.310. The Balaban J connectivity index is 2.34. The summed E-state index contributed by atoms with van der Waals surface area (Å²) in [5, 5.41) is 0. The molecule has 58 valence electrons. The van der Waals surface area contributed by atoms with E-state index in [9.17, 15) is 0 Å². The maximum Gasteiger partial charge on any atom is 0.0461 e. The van der Waals surface area contributed by atoms with Crippen LogP contribution in [-0.2, 0) is 13.0 Å². The van der Waals surface area contributed by atoms with Gasteiger partial charge in [-0.3, -0.25) is 4.98 Å². The van der Waals surface area contributed by atoms with Crippen LogP contribution in [0.1, 0.15) is 11.3 Å². The van der Waals surface area contributed by atoms with Crippen molar-refractivity contribution in [1.29, 1.82) is 0 Å². The normalized spacial score (nSPS) is 17.9. The Morgan fingerprint density at radius 2 is 2.45 bits per heavy atom. The highest BCUT2D eigenvalue weighted by Crippen LogP contribution is 2.13. The molecule has 0 saturated carbocycles. The van der Waals surface area contributed by atoms with Gasteiger partial charge in [0.2, 0.25) is 0 Å². The van der Waals surface area contributed by atoms with Crippen molar-refractivity contribution in [1.82, 2.24) is 9.88 Å². The summed E-state index contributed by atoms with van der Waals surface area (Å²) in [5.74, 6) is 0. The molecule has 0 unspecified atom stereocenters. The average Bonchev–Trinajstić information content (AvgIpc) is 2.04. The van der Waals surface area contributed by atoms with Crippen molar-refractivity contribution in [2.24, 2.45) is 0 Å². The molecule has 1 aliphatic heterocycles. The summed E-state index contributed by atoms with van der Waals surface area (Å²) in [6.07, 6.45) is 2.98. The molecule has 0 atom stereocenters. The molecule has 0 spiro atoms. The predicted molar refractivity (Wildman–Crippen MR) is 44.3 cm³/mol. The number of likely N-dealkylation sites (N-methyl/N-ethyl adjacent to an activating group) is 1. The Morgan fingerprint density at radius 3 is 3.36 bits per heavy atom. The predicted octanol–water partition coefficient (Wildman–Crippen LogP) is 1.07. The largest absolute Gasteiger partial charge is 0.302 e. The van der Waals surface area contributed by atoms with Gasteiger partial charge in [-0.1, -0.05) is 6.07 Å². The van der Waals surface area contributed by atoms with Gasteiger partial charge in [-0.05, 0) is 18.7 Å². The maximum atomic E-state index is 4.33. The summed E-state index contributed by atoms with van der Waals surface area (Å²) in [7, 11) is 2.15. The first kappa shape index (κ1) is 6.80.